The summed E-state index contributed by atoms with van der Waals surface area (Å²) >= 11 is 11.6. The van der Waals surface area contributed by atoms with Crippen molar-refractivity contribution in [3.05, 3.63) is 28.0 Å². The van der Waals surface area contributed by atoms with Gasteiger partial charge >= 0.3 is 0 Å². The van der Waals surface area contributed by atoms with Crippen LogP contribution >= 0.6 is 23.2 Å². The highest BCUT2D eigenvalue weighted by atomic mass is 35.5. The van der Waals surface area contributed by atoms with E-state index in [1.165, 1.54) is 0 Å². The van der Waals surface area contributed by atoms with Crippen LogP contribution in [-0.2, 0) is 0 Å². The first-order valence-corrected chi connectivity index (χ1v) is 6.05. The second-order valence-electron chi connectivity index (χ2n) is 3.09. The van der Waals surface area contributed by atoms with E-state index in [1.54, 1.807) is 7.11 Å². The summed E-state index contributed by atoms with van der Waals surface area (Å²) in [4.78, 5) is 8.27. The van der Waals surface area contributed by atoms with Crippen molar-refractivity contribution in [3.8, 4) is 5.75 Å². The maximum Gasteiger partial charge on any atom is 0.167 e. The van der Waals surface area contributed by atoms with Gasteiger partial charge in [0.1, 0.15) is 11.3 Å². The Morgan fingerprint density at radius 1 is 1.06 bits per heavy atom. The smallest absolute Gasteiger partial charge is 0.167 e. The maximum atomic E-state index is 5.81. The lowest BCUT2D eigenvalue weighted by Gasteiger charge is -2.07. The minimum absolute atomic E-state index is 0.188. The number of ether oxygens (including phenoxy) is 1. The summed E-state index contributed by atoms with van der Waals surface area (Å²) in [5.41, 5.74) is 2.29. The van der Waals surface area contributed by atoms with Crippen molar-refractivity contribution in [2.45, 2.75) is 20.8 Å². The van der Waals surface area contributed by atoms with Crippen molar-refractivity contribution in [3.63, 3.8) is 0 Å². The molecule has 17 heavy (non-hydrogen) atoms. The summed E-state index contributed by atoms with van der Waals surface area (Å²) in [5, 5.41) is 0.392. The Morgan fingerprint density at radius 3 is 2.24 bits per heavy atom. The zero-order chi connectivity index (χ0) is 13.0. The fourth-order valence-electron chi connectivity index (χ4n) is 1.41. The number of hydrogen-bond acceptors (Lipinski definition) is 3. The number of methoxy groups -OCH3 is 1. The number of nitrogens with zero attached hydrogens (tertiary/aromatic N) is 2. The molecule has 0 radical (unpaired) electrons. The minimum atomic E-state index is 0.188. The second kappa shape index (κ2) is 6.03. The van der Waals surface area contributed by atoms with Crippen LogP contribution in [0.25, 0.3) is 11.0 Å². The number of aromatic nitrogens is 2. The van der Waals surface area contributed by atoms with Gasteiger partial charge in [0.05, 0.1) is 12.6 Å². The van der Waals surface area contributed by atoms with Gasteiger partial charge in [0.25, 0.3) is 0 Å². The van der Waals surface area contributed by atoms with Crippen LogP contribution < -0.4 is 4.74 Å². The number of aryl methyl sites for hydroxylation is 1. The Kier molecular flexibility index (Phi) is 4.97. The van der Waals surface area contributed by atoms with Crippen molar-refractivity contribution in [2.24, 2.45) is 0 Å². The molecule has 2 aromatic rings. The van der Waals surface area contributed by atoms with Gasteiger partial charge in [0, 0.05) is 0 Å². The van der Waals surface area contributed by atoms with Gasteiger partial charge in [-0.15, -0.1) is 0 Å². The zero-order valence-electron chi connectivity index (χ0n) is 10.2. The highest BCUT2D eigenvalue weighted by molar-refractivity contribution is 6.40. The van der Waals surface area contributed by atoms with E-state index in [0.717, 1.165) is 5.56 Å². The molecule has 1 aromatic carbocycles. The molecule has 0 saturated heterocycles. The van der Waals surface area contributed by atoms with Gasteiger partial charge in [-0.25, -0.2) is 9.97 Å². The van der Waals surface area contributed by atoms with Crippen molar-refractivity contribution < 1.29 is 4.74 Å². The summed E-state index contributed by atoms with van der Waals surface area (Å²) in [6.45, 7) is 5.93. The summed E-state index contributed by atoms with van der Waals surface area (Å²) in [6, 6.07) is 3.74. The highest BCUT2D eigenvalue weighted by Crippen LogP contribution is 2.29. The van der Waals surface area contributed by atoms with Crippen LogP contribution in [0.1, 0.15) is 19.4 Å². The largest absolute Gasteiger partial charge is 0.494 e. The average Bonchev–Trinajstić information content (AvgIpc) is 2.34. The Hall–Kier alpha value is -1.06. The van der Waals surface area contributed by atoms with Gasteiger partial charge in [-0.2, -0.15) is 0 Å². The molecular formula is C12H14Cl2N2O. The first kappa shape index (κ1) is 14.0. The Morgan fingerprint density at radius 2 is 1.65 bits per heavy atom. The van der Waals surface area contributed by atoms with Gasteiger partial charge in [0.2, 0.25) is 0 Å². The molecule has 0 aliphatic rings. The third kappa shape index (κ3) is 2.79. The third-order valence-electron chi connectivity index (χ3n) is 2.11. The van der Waals surface area contributed by atoms with E-state index in [2.05, 4.69) is 9.97 Å². The van der Waals surface area contributed by atoms with E-state index in [0.29, 0.717) is 16.8 Å². The lowest BCUT2D eigenvalue weighted by Crippen LogP contribution is -1.93. The van der Waals surface area contributed by atoms with Gasteiger partial charge in [-0.05, 0) is 18.6 Å². The van der Waals surface area contributed by atoms with Gasteiger partial charge in [0.15, 0.2) is 10.3 Å². The van der Waals surface area contributed by atoms with Crippen LogP contribution in [0.2, 0.25) is 10.3 Å². The summed E-state index contributed by atoms with van der Waals surface area (Å²) in [7, 11) is 1.59. The molecule has 0 bridgehead atoms. The number of benzene rings is 1. The molecule has 0 saturated carbocycles. The average molecular weight is 273 g/mol. The maximum absolute atomic E-state index is 5.81. The fourth-order valence-corrected chi connectivity index (χ4v) is 1.67. The van der Waals surface area contributed by atoms with Crippen LogP contribution in [0.5, 0.6) is 5.75 Å². The van der Waals surface area contributed by atoms with Gasteiger partial charge < -0.3 is 4.74 Å². The molecule has 92 valence electrons. The molecule has 0 amide bonds. The van der Waals surface area contributed by atoms with Crippen LogP contribution in [0.15, 0.2) is 12.1 Å². The highest BCUT2D eigenvalue weighted by Gasteiger charge is 2.10. The molecule has 0 spiro atoms. The molecule has 1 heterocycles. The molecular weight excluding hydrogens is 259 g/mol. The van der Waals surface area contributed by atoms with Crippen molar-refractivity contribution in [2.75, 3.05) is 7.11 Å². The second-order valence-corrected chi connectivity index (χ2v) is 3.80. The molecule has 3 nitrogen and oxygen atoms in total. The normalized spacial score (nSPS) is 9.76. The van der Waals surface area contributed by atoms with E-state index in [-0.39, 0.29) is 10.3 Å². The molecule has 2 rings (SSSR count). The molecule has 0 N–H and O–H groups in total. The predicted octanol–water partition coefficient (Wildman–Crippen LogP) is 4.28. The van der Waals surface area contributed by atoms with Crippen molar-refractivity contribution in [1.29, 1.82) is 0 Å². The van der Waals surface area contributed by atoms with Crippen LogP contribution in [0.3, 0.4) is 0 Å². The SMILES string of the molecule is CC.COc1c(C)ccc2nc(Cl)c(Cl)nc12. The Bertz CT molecular complexity index is 529. The topological polar surface area (TPSA) is 35.0 Å². The van der Waals surface area contributed by atoms with Crippen molar-refractivity contribution in [1.82, 2.24) is 9.97 Å². The van der Waals surface area contributed by atoms with E-state index >= 15 is 0 Å². The monoisotopic (exact) mass is 272 g/mol. The summed E-state index contributed by atoms with van der Waals surface area (Å²) in [5.74, 6) is 0.679. The fraction of sp³-hybridized carbons (Fsp3) is 0.333. The van der Waals surface area contributed by atoms with Crippen LogP contribution in [0, 0.1) is 6.92 Å². The Labute approximate surface area is 111 Å². The quantitative estimate of drug-likeness (QED) is 0.777. The molecule has 1 aromatic heterocycles. The number of fused-ring (bicyclic) bond motifs is 1. The van der Waals surface area contributed by atoms with Crippen molar-refractivity contribution >= 4 is 34.2 Å². The van der Waals surface area contributed by atoms with Gasteiger partial charge in [-0.1, -0.05) is 43.1 Å². The number of hydrogen-bond donors (Lipinski definition) is 0. The predicted molar refractivity (Wildman–Crippen MR) is 72.2 cm³/mol. The first-order chi connectivity index (χ1) is 8.13. The lowest BCUT2D eigenvalue weighted by molar-refractivity contribution is 0.416. The van der Waals surface area contributed by atoms with E-state index in [1.807, 2.05) is 32.9 Å². The summed E-state index contributed by atoms with van der Waals surface area (Å²) < 4.78 is 5.25. The number of rotatable bonds is 1. The van der Waals surface area contributed by atoms with E-state index < -0.39 is 0 Å². The minimum Gasteiger partial charge on any atom is -0.494 e. The van der Waals surface area contributed by atoms with Crippen LogP contribution in [-0.4, -0.2) is 17.1 Å². The molecule has 5 heteroatoms. The number of halogens is 2. The third-order valence-corrected chi connectivity index (χ3v) is 2.73. The molecule has 0 atom stereocenters. The zero-order valence-corrected chi connectivity index (χ0v) is 11.7. The van der Waals surface area contributed by atoms with E-state index in [9.17, 15) is 0 Å². The first-order valence-electron chi connectivity index (χ1n) is 5.30. The Balaban J connectivity index is 0.000000686. The standard InChI is InChI=1S/C10H8Cl2N2O.C2H6/c1-5-3-4-6-7(8(5)15-2)14-10(12)9(11)13-6;1-2/h3-4H,1-2H3;1-2H3. The van der Waals surface area contributed by atoms with Crippen LogP contribution in [0.4, 0.5) is 0 Å². The molecule has 0 aliphatic heterocycles. The summed E-state index contributed by atoms with van der Waals surface area (Å²) in [6.07, 6.45) is 0. The lowest BCUT2D eigenvalue weighted by atomic mass is 10.2. The van der Waals surface area contributed by atoms with E-state index in [4.69, 9.17) is 27.9 Å². The molecule has 0 aliphatic carbocycles. The van der Waals surface area contributed by atoms with Gasteiger partial charge in [-0.3, -0.25) is 0 Å². The molecule has 0 fully saturated rings. The molecule has 0 unspecified atom stereocenters.